The largest absolute Gasteiger partial charge is 0.454 e. The summed E-state index contributed by atoms with van der Waals surface area (Å²) in [7, 11) is 0. The van der Waals surface area contributed by atoms with E-state index in [4.69, 9.17) is 4.74 Å². The first kappa shape index (κ1) is 25.5. The molecule has 2 heterocycles. The number of carbonyl (C=O) groups excluding carboxylic acids is 3. The zero-order valence-electron chi connectivity index (χ0n) is 19.4. The smallest absolute Gasteiger partial charge is 0.323 e. The van der Waals surface area contributed by atoms with Gasteiger partial charge in [-0.25, -0.2) is 22.9 Å². The number of carbonyl (C=O) groups is 3. The van der Waals surface area contributed by atoms with E-state index >= 15 is 0 Å². The van der Waals surface area contributed by atoms with Crippen molar-refractivity contribution in [3.05, 3.63) is 72.2 Å². The number of amides is 4. The quantitative estimate of drug-likeness (QED) is 0.390. The van der Waals surface area contributed by atoms with Crippen LogP contribution in [0.1, 0.15) is 19.3 Å². The first-order chi connectivity index (χ1) is 17.8. The van der Waals surface area contributed by atoms with Crippen LogP contribution in [0.5, 0.6) is 11.5 Å². The Bertz CT molecular complexity index is 1310. The Morgan fingerprint density at radius 3 is 2.27 bits per heavy atom. The highest BCUT2D eigenvalue weighted by atomic mass is 19.1. The Morgan fingerprint density at radius 2 is 1.57 bits per heavy atom. The lowest BCUT2D eigenvalue weighted by Crippen LogP contribution is -2.32. The highest BCUT2D eigenvalue weighted by Crippen LogP contribution is 2.28. The third-order valence-electron chi connectivity index (χ3n) is 5.35. The van der Waals surface area contributed by atoms with Crippen LogP contribution in [-0.2, 0) is 9.59 Å². The molecule has 37 heavy (non-hydrogen) atoms. The molecule has 0 atom stereocenters. The van der Waals surface area contributed by atoms with E-state index in [1.807, 2.05) is 5.32 Å². The first-order valence-corrected chi connectivity index (χ1v) is 11.3. The molecule has 1 aromatic heterocycles. The fourth-order valence-electron chi connectivity index (χ4n) is 3.59. The lowest BCUT2D eigenvalue weighted by atomic mass is 10.2. The summed E-state index contributed by atoms with van der Waals surface area (Å²) < 4.78 is 47.4. The minimum absolute atomic E-state index is 0.0352. The topological polar surface area (TPSA) is 113 Å². The zero-order chi connectivity index (χ0) is 26.4. The summed E-state index contributed by atoms with van der Waals surface area (Å²) >= 11 is 0. The minimum Gasteiger partial charge on any atom is -0.454 e. The summed E-state index contributed by atoms with van der Waals surface area (Å²) in [6, 6.07) is 9.31. The van der Waals surface area contributed by atoms with Gasteiger partial charge in [0.2, 0.25) is 11.8 Å². The molecular formula is C25H22F3N5O4. The van der Waals surface area contributed by atoms with Gasteiger partial charge in [0.15, 0.2) is 11.6 Å². The molecule has 0 aliphatic carbocycles. The number of nitrogens with one attached hydrogen (secondary N) is 3. The van der Waals surface area contributed by atoms with Crippen LogP contribution in [0, 0.1) is 17.5 Å². The highest BCUT2D eigenvalue weighted by molar-refractivity contribution is 6.08. The second-order valence-electron chi connectivity index (χ2n) is 8.12. The number of hydrogen-bond acceptors (Lipinski definition) is 5. The summed E-state index contributed by atoms with van der Waals surface area (Å²) in [4.78, 5) is 42.1. The lowest BCUT2D eigenvalue weighted by molar-refractivity contribution is -0.123. The second-order valence-corrected chi connectivity index (χ2v) is 8.12. The van der Waals surface area contributed by atoms with Crippen molar-refractivity contribution >= 4 is 35.0 Å². The van der Waals surface area contributed by atoms with Gasteiger partial charge in [-0.15, -0.1) is 0 Å². The number of halogens is 3. The summed E-state index contributed by atoms with van der Waals surface area (Å²) in [5.74, 6) is -4.25. The maximum Gasteiger partial charge on any atom is 0.323 e. The van der Waals surface area contributed by atoms with Gasteiger partial charge in [-0.3, -0.25) is 14.9 Å². The molecule has 0 spiro atoms. The van der Waals surface area contributed by atoms with Gasteiger partial charge in [0.1, 0.15) is 35.3 Å². The molecule has 0 saturated carbocycles. The molecular weight excluding hydrogens is 491 g/mol. The first-order valence-electron chi connectivity index (χ1n) is 11.3. The van der Waals surface area contributed by atoms with Crippen LogP contribution in [0.4, 0.5) is 35.2 Å². The van der Waals surface area contributed by atoms with Crippen molar-refractivity contribution in [1.82, 2.24) is 9.88 Å². The van der Waals surface area contributed by atoms with Gasteiger partial charge in [-0.2, -0.15) is 0 Å². The van der Waals surface area contributed by atoms with E-state index in [0.717, 1.165) is 37.1 Å². The van der Waals surface area contributed by atoms with Gasteiger partial charge in [0, 0.05) is 37.1 Å². The van der Waals surface area contributed by atoms with Crippen molar-refractivity contribution in [3.63, 3.8) is 0 Å². The van der Waals surface area contributed by atoms with E-state index in [1.165, 1.54) is 30.5 Å². The molecule has 4 amide bonds. The van der Waals surface area contributed by atoms with E-state index in [1.54, 1.807) is 4.90 Å². The van der Waals surface area contributed by atoms with Crippen LogP contribution < -0.4 is 20.7 Å². The summed E-state index contributed by atoms with van der Waals surface area (Å²) in [6.45, 7) is 1.34. The summed E-state index contributed by atoms with van der Waals surface area (Å²) in [5.41, 5.74) is -0.629. The summed E-state index contributed by atoms with van der Waals surface area (Å²) in [6.07, 6.45) is 2.54. The van der Waals surface area contributed by atoms with E-state index in [9.17, 15) is 27.6 Å². The standard InChI is InChI=1S/C25H22F3N5O4/c26-17-4-3-5-18(27)24(17)32-23(35)14-22(34)30-15-6-7-20(19(28)12-15)37-16-8-9-29-21(13-16)31-25(36)33-10-1-2-11-33/h3-9,12-13H,1-2,10-11,14H2,(H,30,34)(H,32,35)(H,29,31,36). The van der Waals surface area contributed by atoms with Gasteiger partial charge in [-0.1, -0.05) is 6.07 Å². The molecule has 1 aliphatic heterocycles. The number of benzene rings is 2. The maximum absolute atomic E-state index is 14.6. The minimum atomic E-state index is -0.985. The zero-order valence-corrected chi connectivity index (χ0v) is 19.4. The Hall–Kier alpha value is -4.61. The monoisotopic (exact) mass is 513 g/mol. The van der Waals surface area contributed by atoms with Crippen molar-refractivity contribution in [3.8, 4) is 11.5 Å². The maximum atomic E-state index is 14.6. The summed E-state index contributed by atoms with van der Waals surface area (Å²) in [5, 5.41) is 7.00. The van der Waals surface area contributed by atoms with Crippen molar-refractivity contribution < 1.29 is 32.3 Å². The average molecular weight is 513 g/mol. The molecule has 1 fully saturated rings. The number of likely N-dealkylation sites (tertiary alicyclic amines) is 1. The predicted octanol–water partition coefficient (Wildman–Crippen LogP) is 4.89. The van der Waals surface area contributed by atoms with Crippen LogP contribution in [0.25, 0.3) is 0 Å². The number of urea groups is 1. The number of nitrogens with zero attached hydrogens (tertiary/aromatic N) is 2. The molecule has 4 rings (SSSR count). The number of para-hydroxylation sites is 1. The molecule has 3 N–H and O–H groups in total. The Balaban J connectivity index is 1.33. The fraction of sp³-hybridized carbons (Fsp3) is 0.200. The molecule has 1 aliphatic rings. The van der Waals surface area contributed by atoms with Crippen LogP contribution >= 0.6 is 0 Å². The SMILES string of the molecule is O=C(CC(=O)Nc1c(F)cccc1F)Nc1ccc(Oc2ccnc(NC(=O)N3CCCC3)c2)c(F)c1. The fourth-order valence-corrected chi connectivity index (χ4v) is 3.59. The molecule has 12 heteroatoms. The van der Waals surface area contributed by atoms with Gasteiger partial charge < -0.3 is 20.3 Å². The number of aromatic nitrogens is 1. The highest BCUT2D eigenvalue weighted by Gasteiger charge is 2.19. The Labute approximate surface area is 209 Å². The molecule has 9 nitrogen and oxygen atoms in total. The molecule has 0 bridgehead atoms. The molecule has 3 aromatic rings. The van der Waals surface area contributed by atoms with E-state index < -0.39 is 41.4 Å². The van der Waals surface area contributed by atoms with E-state index in [0.29, 0.717) is 13.1 Å². The van der Waals surface area contributed by atoms with Gasteiger partial charge in [0.25, 0.3) is 0 Å². The third-order valence-corrected chi connectivity index (χ3v) is 5.35. The predicted molar refractivity (Wildman–Crippen MR) is 129 cm³/mol. The molecule has 0 unspecified atom stereocenters. The van der Waals surface area contributed by atoms with Crippen molar-refractivity contribution in [2.24, 2.45) is 0 Å². The van der Waals surface area contributed by atoms with Crippen LogP contribution in [0.15, 0.2) is 54.7 Å². The average Bonchev–Trinajstić information content (AvgIpc) is 3.39. The normalized spacial score (nSPS) is 12.7. The third kappa shape index (κ3) is 6.75. The Kier molecular flexibility index (Phi) is 7.86. The van der Waals surface area contributed by atoms with Gasteiger partial charge in [0.05, 0.1) is 0 Å². The van der Waals surface area contributed by atoms with Crippen LogP contribution in [-0.4, -0.2) is 40.8 Å². The van der Waals surface area contributed by atoms with Crippen molar-refractivity contribution in [2.75, 3.05) is 29.0 Å². The van der Waals surface area contributed by atoms with Crippen molar-refractivity contribution in [2.45, 2.75) is 19.3 Å². The van der Waals surface area contributed by atoms with E-state index in [2.05, 4.69) is 15.6 Å². The molecule has 0 radical (unpaired) electrons. The van der Waals surface area contributed by atoms with Crippen LogP contribution in [0.3, 0.4) is 0 Å². The van der Waals surface area contributed by atoms with Gasteiger partial charge in [-0.05, 0) is 43.2 Å². The molecule has 2 aromatic carbocycles. The molecule has 192 valence electrons. The number of rotatable bonds is 7. The number of pyridine rings is 1. The number of ether oxygens (including phenoxy) is 1. The molecule has 1 saturated heterocycles. The number of anilines is 3. The van der Waals surface area contributed by atoms with E-state index in [-0.39, 0.29) is 29.0 Å². The second kappa shape index (κ2) is 11.4. The Morgan fingerprint density at radius 1 is 0.865 bits per heavy atom. The van der Waals surface area contributed by atoms with Crippen LogP contribution in [0.2, 0.25) is 0 Å². The van der Waals surface area contributed by atoms with Gasteiger partial charge >= 0.3 is 6.03 Å². The van der Waals surface area contributed by atoms with Crippen molar-refractivity contribution in [1.29, 1.82) is 0 Å². The lowest BCUT2D eigenvalue weighted by Gasteiger charge is -2.16. The number of hydrogen-bond donors (Lipinski definition) is 3.